The van der Waals surface area contributed by atoms with Gasteiger partial charge in [-0.05, 0) is 96.3 Å². The molecule has 0 aromatic heterocycles. The molecule has 6 nitrogen and oxygen atoms in total. The fraction of sp³-hybridized carbons (Fsp3) is 0.831. The van der Waals surface area contributed by atoms with E-state index in [2.05, 4.69) is 69.4 Å². The molecule has 6 heteroatoms. The fourth-order valence-corrected chi connectivity index (χ4v) is 9.06. The van der Waals surface area contributed by atoms with Crippen molar-refractivity contribution in [1.82, 2.24) is 0 Å². The summed E-state index contributed by atoms with van der Waals surface area (Å²) in [7, 11) is 0. The van der Waals surface area contributed by atoms with Crippen LogP contribution in [0.1, 0.15) is 329 Å². The number of hydrogen-bond donors (Lipinski definition) is 0. The largest absolute Gasteiger partial charge is 0.462 e. The Labute approximate surface area is 441 Å². The van der Waals surface area contributed by atoms with Gasteiger partial charge in [0, 0.05) is 19.3 Å². The van der Waals surface area contributed by atoms with Crippen molar-refractivity contribution >= 4 is 17.9 Å². The van der Waals surface area contributed by atoms with Gasteiger partial charge < -0.3 is 14.2 Å². The molecule has 0 saturated carbocycles. The molecule has 71 heavy (non-hydrogen) atoms. The van der Waals surface area contributed by atoms with Crippen LogP contribution < -0.4 is 0 Å². The maximum Gasteiger partial charge on any atom is 0.306 e. The highest BCUT2D eigenvalue weighted by atomic mass is 16.6. The van der Waals surface area contributed by atoms with E-state index in [1.807, 2.05) is 0 Å². The summed E-state index contributed by atoms with van der Waals surface area (Å²) in [5, 5.41) is 0. The van der Waals surface area contributed by atoms with Crippen LogP contribution >= 0.6 is 0 Å². The Balaban J connectivity index is 4.29. The second-order valence-electron chi connectivity index (χ2n) is 21.0. The third-order valence-corrected chi connectivity index (χ3v) is 13.8. The standard InChI is InChI=1S/C65H118O6/c1-4-7-10-13-16-19-22-25-27-29-30-31-32-33-34-36-37-40-43-46-49-52-55-58-64(67)70-61-62(60-69-63(66)57-54-51-48-45-42-39-24-21-18-15-12-9-6-3)71-65(68)59-56-53-50-47-44-41-38-35-28-26-23-20-17-14-11-8-5-2/h12,15,21,24,26,28-30,62H,4-11,13-14,16-20,22-23,25,27,31-61H2,1-3H3/b15-12-,24-21-,28-26-,30-29-. The first-order chi connectivity index (χ1) is 35.0. The van der Waals surface area contributed by atoms with Crippen LogP contribution in [0.5, 0.6) is 0 Å². The molecule has 0 aromatic carbocycles. The highest BCUT2D eigenvalue weighted by Crippen LogP contribution is 2.16. The Kier molecular flexibility index (Phi) is 57.7. The van der Waals surface area contributed by atoms with Gasteiger partial charge in [-0.3, -0.25) is 14.4 Å². The SMILES string of the molecule is CCC/C=C\C/C=C\CCCCCCCC(=O)OCC(COC(=O)CCCCCCCCCCCCC/C=C\CCCCCCCCCC)OC(=O)CCCCCCCCC/C=C\CCCCCCCC. The minimum absolute atomic E-state index is 0.0778. The molecule has 0 heterocycles. The molecule has 0 saturated heterocycles. The topological polar surface area (TPSA) is 78.9 Å². The average Bonchev–Trinajstić information content (AvgIpc) is 3.37. The van der Waals surface area contributed by atoms with E-state index in [9.17, 15) is 14.4 Å². The molecule has 1 atom stereocenters. The zero-order valence-corrected chi connectivity index (χ0v) is 47.5. The van der Waals surface area contributed by atoms with Crippen LogP contribution in [0, 0.1) is 0 Å². The van der Waals surface area contributed by atoms with E-state index in [4.69, 9.17) is 14.2 Å². The normalized spacial score (nSPS) is 12.3. The summed E-state index contributed by atoms with van der Waals surface area (Å²) in [5.74, 6) is -0.881. The van der Waals surface area contributed by atoms with Gasteiger partial charge >= 0.3 is 17.9 Å². The lowest BCUT2D eigenvalue weighted by molar-refractivity contribution is -0.167. The molecule has 0 bridgehead atoms. The molecule has 0 rings (SSSR count). The molecule has 414 valence electrons. The van der Waals surface area contributed by atoms with Gasteiger partial charge in [0.1, 0.15) is 13.2 Å². The van der Waals surface area contributed by atoms with E-state index in [1.165, 1.54) is 205 Å². The van der Waals surface area contributed by atoms with Crippen LogP contribution in [0.2, 0.25) is 0 Å². The predicted molar refractivity (Wildman–Crippen MR) is 307 cm³/mol. The molecule has 0 spiro atoms. The highest BCUT2D eigenvalue weighted by molar-refractivity contribution is 5.71. The number of carbonyl (C=O) groups is 3. The van der Waals surface area contributed by atoms with E-state index >= 15 is 0 Å². The Hall–Kier alpha value is -2.63. The fourth-order valence-electron chi connectivity index (χ4n) is 9.06. The molecule has 0 aliphatic heterocycles. The van der Waals surface area contributed by atoms with Gasteiger partial charge in [-0.25, -0.2) is 0 Å². The van der Waals surface area contributed by atoms with Crippen LogP contribution in [0.15, 0.2) is 48.6 Å². The minimum atomic E-state index is -0.781. The Morgan fingerprint density at radius 2 is 0.535 bits per heavy atom. The van der Waals surface area contributed by atoms with Gasteiger partial charge in [0.25, 0.3) is 0 Å². The van der Waals surface area contributed by atoms with Crippen LogP contribution in [0.4, 0.5) is 0 Å². The number of hydrogen-bond acceptors (Lipinski definition) is 6. The number of carbonyl (C=O) groups excluding carboxylic acids is 3. The summed E-state index contributed by atoms with van der Waals surface area (Å²) in [6.07, 6.45) is 74.0. The zero-order valence-electron chi connectivity index (χ0n) is 47.5. The first-order valence-electron chi connectivity index (χ1n) is 31.1. The number of allylic oxidation sites excluding steroid dienone is 8. The first-order valence-corrected chi connectivity index (χ1v) is 31.1. The van der Waals surface area contributed by atoms with Crippen LogP contribution in [0.25, 0.3) is 0 Å². The predicted octanol–water partition coefficient (Wildman–Crippen LogP) is 21.0. The van der Waals surface area contributed by atoms with Crippen LogP contribution in [-0.4, -0.2) is 37.2 Å². The van der Waals surface area contributed by atoms with Gasteiger partial charge in [0.15, 0.2) is 6.10 Å². The zero-order chi connectivity index (χ0) is 51.4. The Bertz CT molecular complexity index is 1230. The maximum absolute atomic E-state index is 12.9. The molecular formula is C65H118O6. The van der Waals surface area contributed by atoms with E-state index in [-0.39, 0.29) is 31.1 Å². The van der Waals surface area contributed by atoms with Gasteiger partial charge in [0.2, 0.25) is 0 Å². The van der Waals surface area contributed by atoms with Crippen molar-refractivity contribution in [3.05, 3.63) is 48.6 Å². The summed E-state index contributed by atoms with van der Waals surface area (Å²) in [6, 6.07) is 0. The van der Waals surface area contributed by atoms with Gasteiger partial charge in [0.05, 0.1) is 0 Å². The van der Waals surface area contributed by atoms with Crippen molar-refractivity contribution < 1.29 is 28.6 Å². The third-order valence-electron chi connectivity index (χ3n) is 13.8. The van der Waals surface area contributed by atoms with Crippen molar-refractivity contribution in [3.63, 3.8) is 0 Å². The number of esters is 3. The van der Waals surface area contributed by atoms with Crippen LogP contribution in [0.3, 0.4) is 0 Å². The quantitative estimate of drug-likeness (QED) is 0.0261. The number of ether oxygens (including phenoxy) is 3. The molecule has 0 radical (unpaired) electrons. The lowest BCUT2D eigenvalue weighted by Crippen LogP contribution is -2.30. The second kappa shape index (κ2) is 59.9. The molecule has 0 amide bonds. The van der Waals surface area contributed by atoms with Crippen molar-refractivity contribution in [2.45, 2.75) is 335 Å². The second-order valence-corrected chi connectivity index (χ2v) is 21.0. The lowest BCUT2D eigenvalue weighted by atomic mass is 10.0. The summed E-state index contributed by atoms with van der Waals surface area (Å²) < 4.78 is 16.9. The summed E-state index contributed by atoms with van der Waals surface area (Å²) in [6.45, 7) is 6.60. The molecule has 0 aromatic rings. The van der Waals surface area contributed by atoms with Crippen molar-refractivity contribution in [2.75, 3.05) is 13.2 Å². The molecular weight excluding hydrogens is 877 g/mol. The maximum atomic E-state index is 12.9. The highest BCUT2D eigenvalue weighted by Gasteiger charge is 2.19. The van der Waals surface area contributed by atoms with E-state index < -0.39 is 6.10 Å². The van der Waals surface area contributed by atoms with Crippen molar-refractivity contribution in [2.24, 2.45) is 0 Å². The lowest BCUT2D eigenvalue weighted by Gasteiger charge is -2.18. The monoisotopic (exact) mass is 995 g/mol. The van der Waals surface area contributed by atoms with Crippen LogP contribution in [-0.2, 0) is 28.6 Å². The molecule has 0 aliphatic carbocycles. The van der Waals surface area contributed by atoms with Crippen molar-refractivity contribution in [1.29, 1.82) is 0 Å². The van der Waals surface area contributed by atoms with Gasteiger partial charge in [-0.2, -0.15) is 0 Å². The Morgan fingerprint density at radius 3 is 0.845 bits per heavy atom. The molecule has 0 aliphatic rings. The van der Waals surface area contributed by atoms with Gasteiger partial charge in [-0.15, -0.1) is 0 Å². The molecule has 1 unspecified atom stereocenters. The average molecular weight is 996 g/mol. The van der Waals surface area contributed by atoms with E-state index in [0.717, 1.165) is 83.5 Å². The van der Waals surface area contributed by atoms with Gasteiger partial charge in [-0.1, -0.05) is 262 Å². The molecule has 0 fully saturated rings. The summed E-state index contributed by atoms with van der Waals surface area (Å²) in [5.41, 5.74) is 0. The van der Waals surface area contributed by atoms with Crippen molar-refractivity contribution in [3.8, 4) is 0 Å². The smallest absolute Gasteiger partial charge is 0.306 e. The molecule has 0 N–H and O–H groups in total. The third kappa shape index (κ3) is 58.1. The van der Waals surface area contributed by atoms with E-state index in [1.54, 1.807) is 0 Å². The Morgan fingerprint density at radius 1 is 0.282 bits per heavy atom. The summed E-state index contributed by atoms with van der Waals surface area (Å²) in [4.78, 5) is 38.2. The first kappa shape index (κ1) is 68.4. The minimum Gasteiger partial charge on any atom is -0.462 e. The van der Waals surface area contributed by atoms with E-state index in [0.29, 0.717) is 19.3 Å². The number of unbranched alkanes of at least 4 members (excludes halogenated alkanes) is 38. The summed E-state index contributed by atoms with van der Waals surface area (Å²) >= 11 is 0. The number of rotatable bonds is 57.